The van der Waals surface area contributed by atoms with Crippen molar-refractivity contribution in [1.29, 1.82) is 0 Å². The third kappa shape index (κ3) is 3.14. The Labute approximate surface area is 125 Å². The molecule has 0 bridgehead atoms. The minimum atomic E-state index is 0.560. The lowest BCUT2D eigenvalue weighted by Gasteiger charge is -2.26. The number of piperidine rings is 1. The molecule has 0 unspecified atom stereocenters. The van der Waals surface area contributed by atoms with E-state index in [4.69, 9.17) is 11.6 Å². The number of benzene rings is 2. The van der Waals surface area contributed by atoms with Crippen molar-refractivity contribution in [3.8, 4) is 11.1 Å². The number of rotatable bonds is 3. The fraction of sp³-hybridized carbons (Fsp3) is 0.294. The van der Waals surface area contributed by atoms with Crippen molar-refractivity contribution < 1.29 is 0 Å². The van der Waals surface area contributed by atoms with Gasteiger partial charge in [0.15, 0.2) is 0 Å². The van der Waals surface area contributed by atoms with Gasteiger partial charge in [-0.25, -0.2) is 0 Å². The summed E-state index contributed by atoms with van der Waals surface area (Å²) in [6.45, 7) is 2.20. The van der Waals surface area contributed by atoms with Gasteiger partial charge in [-0.15, -0.1) is 0 Å². The van der Waals surface area contributed by atoms with E-state index in [1.54, 1.807) is 0 Å². The van der Waals surface area contributed by atoms with Gasteiger partial charge < -0.3 is 10.6 Å². The predicted molar refractivity (Wildman–Crippen MR) is 86.4 cm³/mol. The molecule has 0 amide bonds. The lowest BCUT2D eigenvalue weighted by atomic mass is 10.0. The van der Waals surface area contributed by atoms with Crippen LogP contribution in [0, 0.1) is 0 Å². The first-order chi connectivity index (χ1) is 9.83. The number of halogens is 1. The molecule has 2 N–H and O–H groups in total. The maximum atomic E-state index is 5.97. The Kier molecular flexibility index (Phi) is 4.24. The molecule has 104 valence electrons. The molecule has 1 aliphatic rings. The molecule has 20 heavy (non-hydrogen) atoms. The Balaban J connectivity index is 1.85. The average Bonchev–Trinajstić information content (AvgIpc) is 2.50. The second-order valence-corrected chi connectivity index (χ2v) is 5.66. The lowest BCUT2D eigenvalue weighted by Crippen LogP contribution is -2.35. The second kappa shape index (κ2) is 6.29. The molecular formula is C17H19ClN2. The van der Waals surface area contributed by atoms with Crippen molar-refractivity contribution in [2.24, 2.45) is 0 Å². The number of hydrogen-bond donors (Lipinski definition) is 2. The van der Waals surface area contributed by atoms with Crippen LogP contribution in [0.2, 0.25) is 5.02 Å². The van der Waals surface area contributed by atoms with Crippen LogP contribution in [0.25, 0.3) is 11.1 Å². The first-order valence-corrected chi connectivity index (χ1v) is 7.53. The predicted octanol–water partition coefficient (Wildman–Crippen LogP) is 4.17. The minimum absolute atomic E-state index is 0.560. The summed E-state index contributed by atoms with van der Waals surface area (Å²) in [5.74, 6) is 0. The van der Waals surface area contributed by atoms with E-state index in [1.165, 1.54) is 29.7 Å². The Bertz CT molecular complexity index is 559. The van der Waals surface area contributed by atoms with Gasteiger partial charge in [-0.1, -0.05) is 41.9 Å². The fourth-order valence-electron chi connectivity index (χ4n) is 2.68. The highest BCUT2D eigenvalue weighted by Crippen LogP contribution is 2.29. The van der Waals surface area contributed by atoms with Crippen molar-refractivity contribution in [3.05, 3.63) is 53.6 Å². The molecule has 3 rings (SSSR count). The van der Waals surface area contributed by atoms with E-state index in [0.29, 0.717) is 6.04 Å². The molecule has 2 aromatic rings. The van der Waals surface area contributed by atoms with Crippen LogP contribution in [0.15, 0.2) is 48.5 Å². The van der Waals surface area contributed by atoms with Crippen molar-refractivity contribution in [3.63, 3.8) is 0 Å². The van der Waals surface area contributed by atoms with Gasteiger partial charge in [0.2, 0.25) is 0 Å². The molecule has 0 radical (unpaired) electrons. The first kappa shape index (κ1) is 13.5. The third-order valence-corrected chi connectivity index (χ3v) is 4.03. The lowest BCUT2D eigenvalue weighted by molar-refractivity contribution is 0.479. The molecule has 1 heterocycles. The number of nitrogens with one attached hydrogen (secondary N) is 2. The maximum Gasteiger partial charge on any atom is 0.0422 e. The Morgan fingerprint density at radius 3 is 2.40 bits per heavy atom. The molecule has 1 fully saturated rings. The molecule has 1 aliphatic heterocycles. The molecule has 2 aromatic carbocycles. The van der Waals surface area contributed by atoms with Crippen LogP contribution in [0.1, 0.15) is 12.8 Å². The van der Waals surface area contributed by atoms with Gasteiger partial charge in [0, 0.05) is 22.3 Å². The van der Waals surface area contributed by atoms with Crippen LogP contribution in [0.4, 0.5) is 5.69 Å². The van der Waals surface area contributed by atoms with Crippen LogP contribution in [-0.2, 0) is 0 Å². The summed E-state index contributed by atoms with van der Waals surface area (Å²) in [6.07, 6.45) is 2.35. The summed E-state index contributed by atoms with van der Waals surface area (Å²) in [4.78, 5) is 0. The molecule has 0 spiro atoms. The van der Waals surface area contributed by atoms with Gasteiger partial charge in [0.05, 0.1) is 0 Å². The van der Waals surface area contributed by atoms with Gasteiger partial charge in [0.1, 0.15) is 0 Å². The summed E-state index contributed by atoms with van der Waals surface area (Å²) >= 11 is 5.97. The molecular weight excluding hydrogens is 268 g/mol. The van der Waals surface area contributed by atoms with Gasteiger partial charge >= 0.3 is 0 Å². The van der Waals surface area contributed by atoms with E-state index in [0.717, 1.165) is 18.1 Å². The van der Waals surface area contributed by atoms with Crippen molar-refractivity contribution in [1.82, 2.24) is 5.32 Å². The second-order valence-electron chi connectivity index (χ2n) is 5.22. The number of anilines is 1. The minimum Gasteiger partial charge on any atom is -0.382 e. The van der Waals surface area contributed by atoms with Gasteiger partial charge in [-0.3, -0.25) is 0 Å². The van der Waals surface area contributed by atoms with Crippen molar-refractivity contribution in [2.45, 2.75) is 18.9 Å². The third-order valence-electron chi connectivity index (χ3n) is 3.78. The monoisotopic (exact) mass is 286 g/mol. The van der Waals surface area contributed by atoms with Crippen molar-refractivity contribution in [2.75, 3.05) is 18.4 Å². The summed E-state index contributed by atoms with van der Waals surface area (Å²) in [7, 11) is 0. The van der Waals surface area contributed by atoms with Crippen molar-refractivity contribution >= 4 is 17.3 Å². The van der Waals surface area contributed by atoms with E-state index >= 15 is 0 Å². The molecule has 2 nitrogen and oxygen atoms in total. The summed E-state index contributed by atoms with van der Waals surface area (Å²) in [5, 5.41) is 7.86. The normalized spacial score (nSPS) is 16.1. The highest BCUT2D eigenvalue weighted by molar-refractivity contribution is 6.30. The molecule has 1 saturated heterocycles. The zero-order chi connectivity index (χ0) is 13.8. The zero-order valence-electron chi connectivity index (χ0n) is 11.4. The molecule has 0 saturated carbocycles. The van der Waals surface area contributed by atoms with Crippen LogP contribution in [0.5, 0.6) is 0 Å². The summed E-state index contributed by atoms with van der Waals surface area (Å²) < 4.78 is 0. The Morgan fingerprint density at radius 2 is 1.65 bits per heavy atom. The van der Waals surface area contributed by atoms with Crippen LogP contribution < -0.4 is 10.6 Å². The quantitative estimate of drug-likeness (QED) is 0.885. The summed E-state index contributed by atoms with van der Waals surface area (Å²) in [6, 6.07) is 17.1. The zero-order valence-corrected chi connectivity index (χ0v) is 12.2. The highest BCUT2D eigenvalue weighted by Gasteiger charge is 2.14. The highest BCUT2D eigenvalue weighted by atomic mass is 35.5. The maximum absolute atomic E-state index is 5.97. The van der Waals surface area contributed by atoms with Crippen LogP contribution >= 0.6 is 11.6 Å². The standard InChI is InChI=1S/C17H19ClN2/c18-14-7-5-13(6-8-14)16-3-1-2-4-17(16)20-15-9-11-19-12-10-15/h1-8,15,19-20H,9-12H2. The Morgan fingerprint density at radius 1 is 0.950 bits per heavy atom. The first-order valence-electron chi connectivity index (χ1n) is 7.15. The van der Waals surface area contributed by atoms with E-state index < -0.39 is 0 Å². The van der Waals surface area contributed by atoms with Gasteiger partial charge in [0.25, 0.3) is 0 Å². The largest absolute Gasteiger partial charge is 0.382 e. The van der Waals surface area contributed by atoms with Gasteiger partial charge in [-0.05, 0) is 49.7 Å². The molecule has 0 aliphatic carbocycles. The fourth-order valence-corrected chi connectivity index (χ4v) is 2.80. The SMILES string of the molecule is Clc1ccc(-c2ccccc2NC2CCNCC2)cc1. The average molecular weight is 287 g/mol. The van der Waals surface area contributed by atoms with E-state index in [9.17, 15) is 0 Å². The Hall–Kier alpha value is -1.51. The van der Waals surface area contributed by atoms with E-state index in [1.807, 2.05) is 12.1 Å². The molecule has 3 heteroatoms. The number of para-hydroxylation sites is 1. The molecule has 0 atom stereocenters. The smallest absolute Gasteiger partial charge is 0.0422 e. The van der Waals surface area contributed by atoms with E-state index in [-0.39, 0.29) is 0 Å². The molecule has 0 aromatic heterocycles. The van der Waals surface area contributed by atoms with Gasteiger partial charge in [-0.2, -0.15) is 0 Å². The summed E-state index contributed by atoms with van der Waals surface area (Å²) in [5.41, 5.74) is 3.65. The van der Waals surface area contributed by atoms with E-state index in [2.05, 4.69) is 47.0 Å². The van der Waals surface area contributed by atoms with Crippen LogP contribution in [-0.4, -0.2) is 19.1 Å². The topological polar surface area (TPSA) is 24.1 Å². The van der Waals surface area contributed by atoms with Crippen LogP contribution in [0.3, 0.4) is 0 Å². The number of hydrogen-bond acceptors (Lipinski definition) is 2.